The number of aromatic amines is 1. The highest BCUT2D eigenvalue weighted by Gasteiger charge is 2.14. The highest BCUT2D eigenvalue weighted by Crippen LogP contribution is 2.12. The van der Waals surface area contributed by atoms with Gasteiger partial charge in [-0.05, 0) is 19.1 Å². The maximum absolute atomic E-state index is 12.4. The van der Waals surface area contributed by atoms with Crippen LogP contribution in [0.15, 0.2) is 35.4 Å². The number of anilines is 1. The first-order valence-corrected chi connectivity index (χ1v) is 6.54. The van der Waals surface area contributed by atoms with E-state index in [1.165, 1.54) is 10.9 Å². The number of fused-ring (bicyclic) bond motifs is 1. The lowest BCUT2D eigenvalue weighted by Gasteiger charge is -2.03. The smallest absolute Gasteiger partial charge is 0.293 e. The van der Waals surface area contributed by atoms with Crippen molar-refractivity contribution in [3.8, 4) is 0 Å². The van der Waals surface area contributed by atoms with Crippen molar-refractivity contribution in [3.05, 3.63) is 41.1 Å². The molecule has 8 nitrogen and oxygen atoms in total. The molecule has 0 saturated heterocycles. The summed E-state index contributed by atoms with van der Waals surface area (Å²) in [6, 6.07) is 7.40. The Morgan fingerprint density at radius 2 is 2.00 bits per heavy atom. The first-order valence-electron chi connectivity index (χ1n) is 6.54. The van der Waals surface area contributed by atoms with E-state index in [1.807, 2.05) is 31.2 Å². The number of hydrogen-bond acceptors (Lipinski definition) is 4. The number of nitrogens with one attached hydrogen (secondary N) is 2. The van der Waals surface area contributed by atoms with Gasteiger partial charge in [-0.1, -0.05) is 12.1 Å². The SMILES string of the molecule is CCn1c(=O)n(CC(=O)Nc2ncn[nH]2)c2ccccc21. The molecule has 1 amide bonds. The minimum Gasteiger partial charge on any atom is -0.293 e. The predicted molar refractivity (Wildman–Crippen MR) is 76.9 cm³/mol. The average Bonchev–Trinajstić information content (AvgIpc) is 3.07. The van der Waals surface area contributed by atoms with Crippen LogP contribution in [-0.4, -0.2) is 30.2 Å². The molecule has 0 unspecified atom stereocenters. The molecule has 108 valence electrons. The largest absolute Gasteiger partial charge is 0.329 e. The van der Waals surface area contributed by atoms with E-state index in [2.05, 4.69) is 20.5 Å². The molecule has 2 N–H and O–H groups in total. The second-order valence-electron chi connectivity index (χ2n) is 4.48. The van der Waals surface area contributed by atoms with Crippen LogP contribution < -0.4 is 11.0 Å². The zero-order valence-corrected chi connectivity index (χ0v) is 11.4. The average molecular weight is 286 g/mol. The minimum absolute atomic E-state index is 0.0763. The molecule has 2 aromatic heterocycles. The summed E-state index contributed by atoms with van der Waals surface area (Å²) in [5, 5.41) is 8.73. The minimum atomic E-state index is -0.340. The van der Waals surface area contributed by atoms with Crippen LogP contribution in [0.1, 0.15) is 6.92 Å². The van der Waals surface area contributed by atoms with E-state index in [9.17, 15) is 9.59 Å². The Hall–Kier alpha value is -2.90. The number of aryl methyl sites for hydroxylation is 1. The van der Waals surface area contributed by atoms with Crippen LogP contribution in [0, 0.1) is 0 Å². The third-order valence-corrected chi connectivity index (χ3v) is 3.22. The Morgan fingerprint density at radius 3 is 2.62 bits per heavy atom. The zero-order chi connectivity index (χ0) is 14.8. The normalized spacial score (nSPS) is 10.9. The fourth-order valence-electron chi connectivity index (χ4n) is 2.31. The van der Waals surface area contributed by atoms with Gasteiger partial charge in [0, 0.05) is 6.54 Å². The molecule has 1 aromatic carbocycles. The molecular weight excluding hydrogens is 272 g/mol. The van der Waals surface area contributed by atoms with E-state index in [0.29, 0.717) is 6.54 Å². The summed E-state index contributed by atoms with van der Waals surface area (Å²) in [4.78, 5) is 28.2. The van der Waals surface area contributed by atoms with Crippen LogP contribution >= 0.6 is 0 Å². The van der Waals surface area contributed by atoms with Crippen LogP contribution in [0.5, 0.6) is 0 Å². The monoisotopic (exact) mass is 286 g/mol. The number of benzene rings is 1. The third kappa shape index (κ3) is 2.31. The van der Waals surface area contributed by atoms with Crippen molar-refractivity contribution >= 4 is 22.9 Å². The highest BCUT2D eigenvalue weighted by molar-refractivity contribution is 5.90. The van der Waals surface area contributed by atoms with Crippen LogP contribution in [0.2, 0.25) is 0 Å². The van der Waals surface area contributed by atoms with Gasteiger partial charge >= 0.3 is 5.69 Å². The fourth-order valence-corrected chi connectivity index (χ4v) is 2.31. The van der Waals surface area contributed by atoms with E-state index in [1.54, 1.807) is 4.57 Å². The van der Waals surface area contributed by atoms with E-state index in [4.69, 9.17) is 0 Å². The first kappa shape index (κ1) is 13.1. The van der Waals surface area contributed by atoms with Crippen LogP contribution in [0.25, 0.3) is 11.0 Å². The van der Waals surface area contributed by atoms with Crippen molar-refractivity contribution in [3.63, 3.8) is 0 Å². The number of nitrogens with zero attached hydrogens (tertiary/aromatic N) is 4. The Kier molecular flexibility index (Phi) is 3.27. The summed E-state index contributed by atoms with van der Waals surface area (Å²) in [5.41, 5.74) is 1.35. The molecule has 3 rings (SSSR count). The second kappa shape index (κ2) is 5.23. The number of carbonyl (C=O) groups excluding carboxylic acids is 1. The number of carbonyl (C=O) groups is 1. The van der Waals surface area contributed by atoms with E-state index < -0.39 is 0 Å². The van der Waals surface area contributed by atoms with Crippen LogP contribution in [-0.2, 0) is 17.9 Å². The summed E-state index contributed by atoms with van der Waals surface area (Å²) in [5.74, 6) is -0.0832. The molecule has 21 heavy (non-hydrogen) atoms. The van der Waals surface area contributed by atoms with Crippen LogP contribution in [0.4, 0.5) is 5.95 Å². The van der Waals surface area contributed by atoms with Crippen molar-refractivity contribution in [1.82, 2.24) is 24.3 Å². The predicted octanol–water partition coefficient (Wildman–Crippen LogP) is 0.580. The van der Waals surface area contributed by atoms with E-state index in [-0.39, 0.29) is 24.1 Å². The standard InChI is InChI=1S/C13H14N6O2/c1-2-18-9-5-3-4-6-10(9)19(13(18)21)7-11(20)16-12-14-8-15-17-12/h3-6,8H,2,7H2,1H3,(H2,14,15,16,17,20). The molecule has 0 atom stereocenters. The fraction of sp³-hybridized carbons (Fsp3) is 0.231. The van der Waals surface area contributed by atoms with Gasteiger partial charge in [-0.25, -0.2) is 9.89 Å². The number of para-hydroxylation sites is 2. The van der Waals surface area contributed by atoms with Crippen molar-refractivity contribution in [1.29, 1.82) is 0 Å². The summed E-state index contributed by atoms with van der Waals surface area (Å²) >= 11 is 0. The Bertz CT molecular complexity index is 830. The van der Waals surface area contributed by atoms with Crippen molar-refractivity contribution in [2.75, 3.05) is 5.32 Å². The van der Waals surface area contributed by atoms with Gasteiger partial charge in [0.2, 0.25) is 11.9 Å². The number of hydrogen-bond donors (Lipinski definition) is 2. The molecule has 0 aliphatic rings. The third-order valence-electron chi connectivity index (χ3n) is 3.22. The molecule has 3 aromatic rings. The summed E-state index contributed by atoms with van der Waals surface area (Å²) < 4.78 is 3.08. The molecule has 8 heteroatoms. The molecule has 0 aliphatic heterocycles. The van der Waals surface area contributed by atoms with Crippen LogP contribution in [0.3, 0.4) is 0 Å². The van der Waals surface area contributed by atoms with Gasteiger partial charge in [-0.15, -0.1) is 0 Å². The number of rotatable bonds is 4. The van der Waals surface area contributed by atoms with Gasteiger partial charge in [0.1, 0.15) is 12.9 Å². The molecule has 0 radical (unpaired) electrons. The molecule has 2 heterocycles. The number of amides is 1. The topological polar surface area (TPSA) is 97.6 Å². The van der Waals surface area contributed by atoms with Gasteiger partial charge in [-0.2, -0.15) is 10.1 Å². The molecule has 0 saturated carbocycles. The summed E-state index contributed by atoms with van der Waals surface area (Å²) in [6.07, 6.45) is 1.30. The molecule has 0 aliphatic carbocycles. The Morgan fingerprint density at radius 1 is 1.29 bits per heavy atom. The summed E-state index contributed by atoms with van der Waals surface area (Å²) in [6.45, 7) is 2.37. The Balaban J connectivity index is 1.95. The Labute approximate surface area is 119 Å². The number of H-pyrrole nitrogens is 1. The molecule has 0 bridgehead atoms. The molecule has 0 spiro atoms. The van der Waals surface area contributed by atoms with Crippen molar-refractivity contribution in [2.24, 2.45) is 0 Å². The molecular formula is C13H14N6O2. The lowest BCUT2D eigenvalue weighted by Crippen LogP contribution is -2.29. The van der Waals surface area contributed by atoms with E-state index >= 15 is 0 Å². The summed E-state index contributed by atoms with van der Waals surface area (Å²) in [7, 11) is 0. The lowest BCUT2D eigenvalue weighted by molar-refractivity contribution is -0.116. The van der Waals surface area contributed by atoms with Gasteiger partial charge in [0.05, 0.1) is 11.0 Å². The second-order valence-corrected chi connectivity index (χ2v) is 4.48. The maximum Gasteiger partial charge on any atom is 0.329 e. The van der Waals surface area contributed by atoms with Gasteiger partial charge in [-0.3, -0.25) is 19.2 Å². The van der Waals surface area contributed by atoms with Crippen molar-refractivity contribution in [2.45, 2.75) is 20.0 Å². The maximum atomic E-state index is 12.4. The van der Waals surface area contributed by atoms with Gasteiger partial charge in [0.25, 0.3) is 0 Å². The number of imidazole rings is 1. The first-order chi connectivity index (χ1) is 10.2. The lowest BCUT2D eigenvalue weighted by atomic mass is 10.3. The number of aromatic nitrogens is 5. The van der Waals surface area contributed by atoms with E-state index in [0.717, 1.165) is 11.0 Å². The van der Waals surface area contributed by atoms with Crippen molar-refractivity contribution < 1.29 is 4.79 Å². The quantitative estimate of drug-likeness (QED) is 0.733. The van der Waals surface area contributed by atoms with Gasteiger partial charge < -0.3 is 0 Å². The van der Waals surface area contributed by atoms with Gasteiger partial charge in [0.15, 0.2) is 0 Å². The molecule has 0 fully saturated rings. The zero-order valence-electron chi connectivity index (χ0n) is 11.4. The highest BCUT2D eigenvalue weighted by atomic mass is 16.2.